The highest BCUT2D eigenvalue weighted by Crippen LogP contribution is 2.29. The lowest BCUT2D eigenvalue weighted by Gasteiger charge is -2.38. The number of morpholine rings is 1. The Morgan fingerprint density at radius 2 is 2.00 bits per heavy atom. The molecule has 0 radical (unpaired) electrons. The molecule has 21 heavy (non-hydrogen) atoms. The first-order valence-electron chi connectivity index (χ1n) is 7.94. The molecule has 2 rings (SSSR count). The van der Waals surface area contributed by atoms with Gasteiger partial charge in [-0.15, -0.1) is 0 Å². The number of anilines is 1. The highest BCUT2D eigenvalue weighted by Gasteiger charge is 2.25. The van der Waals surface area contributed by atoms with Crippen LogP contribution in [0, 0.1) is 5.82 Å². The van der Waals surface area contributed by atoms with Crippen molar-refractivity contribution >= 4 is 5.69 Å². The monoisotopic (exact) mass is 294 g/mol. The second-order valence-electron chi connectivity index (χ2n) is 6.04. The molecule has 1 aromatic carbocycles. The average molecular weight is 294 g/mol. The van der Waals surface area contributed by atoms with E-state index in [0.29, 0.717) is 0 Å². The molecule has 3 unspecified atom stereocenters. The second-order valence-corrected chi connectivity index (χ2v) is 6.04. The van der Waals surface area contributed by atoms with Crippen LogP contribution < -0.4 is 10.2 Å². The van der Waals surface area contributed by atoms with Gasteiger partial charge in [0.2, 0.25) is 0 Å². The van der Waals surface area contributed by atoms with Crippen LogP contribution in [0.4, 0.5) is 10.1 Å². The summed E-state index contributed by atoms with van der Waals surface area (Å²) in [6.07, 6.45) is 1.47. The fourth-order valence-corrected chi connectivity index (χ4v) is 3.01. The van der Waals surface area contributed by atoms with Gasteiger partial charge in [-0.1, -0.05) is 6.92 Å². The van der Waals surface area contributed by atoms with E-state index < -0.39 is 0 Å². The highest BCUT2D eigenvalue weighted by molar-refractivity contribution is 5.55. The van der Waals surface area contributed by atoms with Gasteiger partial charge in [0, 0.05) is 24.8 Å². The Morgan fingerprint density at radius 3 is 2.62 bits per heavy atom. The molecule has 1 saturated heterocycles. The Kier molecular flexibility index (Phi) is 5.59. The van der Waals surface area contributed by atoms with E-state index in [1.807, 2.05) is 6.07 Å². The van der Waals surface area contributed by atoms with Gasteiger partial charge in [0.05, 0.1) is 12.2 Å². The Hall–Kier alpha value is -1.13. The van der Waals surface area contributed by atoms with Crippen molar-refractivity contribution in [2.75, 3.05) is 24.5 Å². The molecule has 1 heterocycles. The molecule has 1 N–H and O–H groups in total. The Labute approximate surface area is 127 Å². The van der Waals surface area contributed by atoms with Crippen LogP contribution in [0.5, 0.6) is 0 Å². The second kappa shape index (κ2) is 7.23. The normalized spacial score (nSPS) is 24.1. The molecule has 118 valence electrons. The predicted molar refractivity (Wildman–Crippen MR) is 85.3 cm³/mol. The van der Waals surface area contributed by atoms with Crippen LogP contribution in [-0.4, -0.2) is 31.8 Å². The highest BCUT2D eigenvalue weighted by atomic mass is 19.1. The summed E-state index contributed by atoms with van der Waals surface area (Å²) >= 11 is 0. The first kappa shape index (κ1) is 16.2. The first-order chi connectivity index (χ1) is 10.0. The van der Waals surface area contributed by atoms with Gasteiger partial charge in [0.15, 0.2) is 0 Å². The van der Waals surface area contributed by atoms with Crippen LogP contribution in [0.3, 0.4) is 0 Å². The van der Waals surface area contributed by atoms with Crippen molar-refractivity contribution in [3.63, 3.8) is 0 Å². The number of rotatable bonds is 5. The van der Waals surface area contributed by atoms with Gasteiger partial charge in [0.25, 0.3) is 0 Å². The van der Waals surface area contributed by atoms with Crippen molar-refractivity contribution in [1.29, 1.82) is 0 Å². The van der Waals surface area contributed by atoms with Gasteiger partial charge in [-0.25, -0.2) is 4.39 Å². The first-order valence-corrected chi connectivity index (χ1v) is 7.94. The zero-order valence-corrected chi connectivity index (χ0v) is 13.5. The largest absolute Gasteiger partial charge is 0.372 e. The van der Waals surface area contributed by atoms with Crippen molar-refractivity contribution < 1.29 is 9.13 Å². The molecule has 3 nitrogen and oxygen atoms in total. The molecule has 1 fully saturated rings. The number of hydrogen-bond donors (Lipinski definition) is 1. The lowest BCUT2D eigenvalue weighted by molar-refractivity contribution is -0.00528. The zero-order chi connectivity index (χ0) is 15.4. The fraction of sp³-hybridized carbons (Fsp3) is 0.647. The summed E-state index contributed by atoms with van der Waals surface area (Å²) in [6, 6.07) is 5.26. The van der Waals surface area contributed by atoms with Gasteiger partial charge >= 0.3 is 0 Å². The molecule has 1 aliphatic rings. The minimum atomic E-state index is -0.173. The number of nitrogens with one attached hydrogen (secondary N) is 1. The summed E-state index contributed by atoms with van der Waals surface area (Å²) in [5.41, 5.74) is 2.15. The van der Waals surface area contributed by atoms with E-state index in [9.17, 15) is 4.39 Å². The van der Waals surface area contributed by atoms with Crippen LogP contribution >= 0.6 is 0 Å². The number of hydrogen-bond acceptors (Lipinski definition) is 3. The van der Waals surface area contributed by atoms with Gasteiger partial charge in [-0.05, 0) is 57.5 Å². The molecule has 0 amide bonds. The molecule has 0 spiro atoms. The number of ether oxygens (including phenoxy) is 1. The van der Waals surface area contributed by atoms with E-state index >= 15 is 0 Å². The molecule has 3 atom stereocenters. The van der Waals surface area contributed by atoms with Gasteiger partial charge in [-0.2, -0.15) is 0 Å². The maximum absolute atomic E-state index is 13.7. The maximum Gasteiger partial charge on any atom is 0.123 e. The molecule has 0 aromatic heterocycles. The number of benzene rings is 1. The van der Waals surface area contributed by atoms with Crippen LogP contribution in [0.15, 0.2) is 18.2 Å². The van der Waals surface area contributed by atoms with Crippen LogP contribution in [0.1, 0.15) is 45.7 Å². The molecule has 0 saturated carbocycles. The summed E-state index contributed by atoms with van der Waals surface area (Å²) < 4.78 is 19.5. The molecular weight excluding hydrogens is 267 g/mol. The van der Waals surface area contributed by atoms with Crippen LogP contribution in [-0.2, 0) is 4.74 Å². The standard InChI is InChI=1S/C17H27FN2O/c1-5-8-19-14(4)16-9-15(18)6-7-17(16)20-10-12(2)21-13(3)11-20/h6-7,9,12-14,19H,5,8,10-11H2,1-4H3. The van der Waals surface area contributed by atoms with Gasteiger partial charge < -0.3 is 15.0 Å². The number of nitrogens with zero attached hydrogens (tertiary/aromatic N) is 1. The molecule has 0 bridgehead atoms. The minimum Gasteiger partial charge on any atom is -0.372 e. The SMILES string of the molecule is CCCNC(C)c1cc(F)ccc1N1CC(C)OC(C)C1. The minimum absolute atomic E-state index is 0.143. The Bertz CT molecular complexity index is 456. The summed E-state index contributed by atoms with van der Waals surface area (Å²) in [7, 11) is 0. The van der Waals surface area contributed by atoms with Crippen molar-refractivity contribution in [3.8, 4) is 0 Å². The van der Waals surface area contributed by atoms with Crippen molar-refractivity contribution in [1.82, 2.24) is 5.32 Å². The smallest absolute Gasteiger partial charge is 0.123 e. The zero-order valence-electron chi connectivity index (χ0n) is 13.5. The van der Waals surface area contributed by atoms with E-state index in [0.717, 1.165) is 37.3 Å². The van der Waals surface area contributed by atoms with Crippen molar-refractivity contribution in [3.05, 3.63) is 29.6 Å². The fourth-order valence-electron chi connectivity index (χ4n) is 3.01. The van der Waals surface area contributed by atoms with E-state index in [-0.39, 0.29) is 24.1 Å². The van der Waals surface area contributed by atoms with Crippen LogP contribution in [0.2, 0.25) is 0 Å². The molecular formula is C17H27FN2O. The Morgan fingerprint density at radius 1 is 1.33 bits per heavy atom. The predicted octanol–water partition coefficient (Wildman–Crippen LogP) is 3.50. The van der Waals surface area contributed by atoms with Gasteiger partial charge in [0.1, 0.15) is 5.82 Å². The summed E-state index contributed by atoms with van der Waals surface area (Å²) in [5, 5.41) is 3.45. The van der Waals surface area contributed by atoms with E-state index in [1.54, 1.807) is 12.1 Å². The summed E-state index contributed by atoms with van der Waals surface area (Å²) in [6.45, 7) is 11.0. The maximum atomic E-state index is 13.7. The molecule has 4 heteroatoms. The Balaban J connectivity index is 2.25. The van der Waals surface area contributed by atoms with Crippen molar-refractivity contribution in [2.45, 2.75) is 52.4 Å². The van der Waals surface area contributed by atoms with Crippen LogP contribution in [0.25, 0.3) is 0 Å². The average Bonchev–Trinajstić information content (AvgIpc) is 2.43. The quantitative estimate of drug-likeness (QED) is 0.899. The summed E-state index contributed by atoms with van der Waals surface area (Å²) in [5.74, 6) is -0.173. The van der Waals surface area contributed by atoms with Gasteiger partial charge in [-0.3, -0.25) is 0 Å². The van der Waals surface area contributed by atoms with E-state index in [1.165, 1.54) is 0 Å². The lowest BCUT2D eigenvalue weighted by Crippen LogP contribution is -2.46. The summed E-state index contributed by atoms with van der Waals surface area (Å²) in [4.78, 5) is 2.32. The number of halogens is 1. The third-order valence-corrected chi connectivity index (χ3v) is 3.92. The van der Waals surface area contributed by atoms with Crippen molar-refractivity contribution in [2.24, 2.45) is 0 Å². The third-order valence-electron chi connectivity index (χ3n) is 3.92. The molecule has 1 aromatic rings. The topological polar surface area (TPSA) is 24.5 Å². The third kappa shape index (κ3) is 4.17. The lowest BCUT2D eigenvalue weighted by atomic mass is 10.0. The molecule has 1 aliphatic heterocycles. The van der Waals surface area contributed by atoms with E-state index in [4.69, 9.17) is 4.74 Å². The molecule has 0 aliphatic carbocycles. The van der Waals surface area contributed by atoms with E-state index in [2.05, 4.69) is 37.9 Å².